The second kappa shape index (κ2) is 24.7. The molecule has 5 heterocycles. The van der Waals surface area contributed by atoms with Gasteiger partial charge in [-0.25, -0.2) is 0 Å². The van der Waals surface area contributed by atoms with E-state index in [1.807, 2.05) is 73.0 Å². The lowest BCUT2D eigenvalue weighted by Crippen LogP contribution is -2.59. The molecule has 8 rings (SSSR count). The molecule has 3 aliphatic rings. The van der Waals surface area contributed by atoms with E-state index < -0.39 is 108 Å². The molecule has 0 spiro atoms. The Hall–Kier alpha value is -7.47. The number of aliphatic imine (C=N–C) groups is 1. The number of halogens is 1. The number of hydrogen-bond donors (Lipinski definition) is 8. The van der Waals surface area contributed by atoms with Crippen LogP contribution in [0.5, 0.6) is 0 Å². The number of primary amides is 1. The summed E-state index contributed by atoms with van der Waals surface area (Å²) in [6, 6.07) is 16.5. The topological polar surface area (TPSA) is 301 Å². The van der Waals surface area contributed by atoms with Crippen molar-refractivity contribution in [3.05, 3.63) is 123 Å². The zero-order valence-corrected chi connectivity index (χ0v) is 46.8. The van der Waals surface area contributed by atoms with E-state index in [1.54, 1.807) is 52.0 Å². The third-order valence-corrected chi connectivity index (χ3v) is 16.4. The summed E-state index contributed by atoms with van der Waals surface area (Å²) in [6.45, 7) is 9.50. The Morgan fingerprint density at radius 3 is 2.19 bits per heavy atom. The molecular formula is C55H63ClN12O9S2. The molecule has 0 radical (unpaired) electrons. The monoisotopic (exact) mass is 1130 g/mol. The van der Waals surface area contributed by atoms with Crippen molar-refractivity contribution in [1.82, 2.24) is 51.6 Å². The van der Waals surface area contributed by atoms with Crippen LogP contribution in [0.2, 0.25) is 5.02 Å². The van der Waals surface area contributed by atoms with E-state index in [0.29, 0.717) is 27.9 Å². The summed E-state index contributed by atoms with van der Waals surface area (Å²) in [4.78, 5) is 119. The number of aliphatic hydroxyl groups excluding tert-OH is 1. The number of nitrogens with two attached hydrogens (primary N) is 1. The maximum atomic E-state index is 14.4. The Morgan fingerprint density at radius 2 is 1.51 bits per heavy atom. The molecule has 79 heavy (non-hydrogen) atoms. The minimum Gasteiger partial charge on any atom is -0.391 e. The summed E-state index contributed by atoms with van der Waals surface area (Å²) in [7, 11) is 0. The maximum Gasteiger partial charge on any atom is 0.246 e. The number of hydrogen-bond acceptors (Lipinski definition) is 14. The minimum absolute atomic E-state index is 0.0724. The molecule has 0 saturated carbocycles. The van der Waals surface area contributed by atoms with Crippen molar-refractivity contribution >= 4 is 87.7 Å². The molecule has 8 amide bonds. The smallest absolute Gasteiger partial charge is 0.246 e. The zero-order valence-electron chi connectivity index (χ0n) is 44.4. The van der Waals surface area contributed by atoms with Gasteiger partial charge in [0.2, 0.25) is 47.3 Å². The molecule has 2 aromatic heterocycles. The molecule has 416 valence electrons. The van der Waals surface area contributed by atoms with Gasteiger partial charge in [-0.3, -0.25) is 47.9 Å². The minimum atomic E-state index is -1.57. The van der Waals surface area contributed by atoms with Crippen molar-refractivity contribution < 1.29 is 43.5 Å². The fourth-order valence-corrected chi connectivity index (χ4v) is 11.8. The zero-order chi connectivity index (χ0) is 56.9. The number of aliphatic hydroxyl groups is 1. The molecule has 0 aliphatic carbocycles. The van der Waals surface area contributed by atoms with Gasteiger partial charge >= 0.3 is 0 Å². The second-order valence-corrected chi connectivity index (χ2v) is 23.5. The van der Waals surface area contributed by atoms with E-state index in [-0.39, 0.29) is 37.3 Å². The summed E-state index contributed by atoms with van der Waals surface area (Å²) >= 11 is 8.76. The van der Waals surface area contributed by atoms with E-state index in [1.165, 1.54) is 16.2 Å². The van der Waals surface area contributed by atoms with Gasteiger partial charge in [-0.1, -0.05) is 99.1 Å². The predicted molar refractivity (Wildman–Crippen MR) is 299 cm³/mol. The van der Waals surface area contributed by atoms with Crippen molar-refractivity contribution in [3.8, 4) is 16.1 Å². The first kappa shape index (κ1) is 57.7. The van der Waals surface area contributed by atoms with Crippen LogP contribution in [0.4, 0.5) is 0 Å². The van der Waals surface area contributed by atoms with Crippen molar-refractivity contribution in [2.45, 2.75) is 103 Å². The van der Waals surface area contributed by atoms with Crippen LogP contribution < -0.4 is 37.6 Å². The largest absolute Gasteiger partial charge is 0.391 e. The van der Waals surface area contributed by atoms with E-state index in [2.05, 4.69) is 42.1 Å². The first-order valence-electron chi connectivity index (χ1n) is 25.7. The number of amides is 8. The standard InChI is InChI=1S/C55H63ClN12O9S2/c1-28-29(2)79-54-45(28)46(34-16-18-35(56)19-17-34)61-37(49-66-65-30(3)68(49)54)22-42(70)58-23-39-51(75)63-40(48(57)73)26-78-27-44(72)64-47(55(4,5)6)53(77)67-25-36(69)21-41(67)52(76)62-38(50(74)59-24-43(71)60-39)20-31-12-14-33(15-13-31)32-10-8-7-9-11-32/h7-19,36-41,47,69H,20-27H2,1-6H3,(H2,57,73)(H,58,70)(H,59,74)(H,60,71)(H,62,76)(H,63,75)(H,64,72)/t36-,37+,38+,39-,40-,41+,47-/m1/s1. The highest BCUT2D eigenvalue weighted by molar-refractivity contribution is 8.00. The van der Waals surface area contributed by atoms with E-state index in [4.69, 9.17) is 22.3 Å². The molecule has 2 saturated heterocycles. The van der Waals surface area contributed by atoms with Gasteiger partial charge in [0.05, 0.1) is 30.5 Å². The number of thioether (sulfide) groups is 1. The average Bonchev–Trinajstić information content (AvgIpc) is 4.23. The predicted octanol–water partition coefficient (Wildman–Crippen LogP) is 2.51. The maximum absolute atomic E-state index is 14.4. The van der Waals surface area contributed by atoms with Gasteiger partial charge in [0.15, 0.2) is 5.82 Å². The Morgan fingerprint density at radius 1 is 0.823 bits per heavy atom. The van der Waals surface area contributed by atoms with Gasteiger partial charge in [0, 0.05) is 52.7 Å². The van der Waals surface area contributed by atoms with Crippen molar-refractivity contribution in [1.29, 1.82) is 0 Å². The summed E-state index contributed by atoms with van der Waals surface area (Å²) in [5.41, 5.74) is 10.5. The number of carbonyl (C=O) groups is 8. The van der Waals surface area contributed by atoms with Crippen molar-refractivity contribution in [3.63, 3.8) is 0 Å². The number of nitrogens with one attached hydrogen (secondary N) is 6. The van der Waals surface area contributed by atoms with E-state index in [0.717, 1.165) is 49.5 Å². The first-order chi connectivity index (χ1) is 37.6. The van der Waals surface area contributed by atoms with Gasteiger partial charge in [-0.15, -0.1) is 33.3 Å². The fraction of sp³-hybridized carbons (Fsp3) is 0.400. The van der Waals surface area contributed by atoms with Gasteiger partial charge in [0.25, 0.3) is 0 Å². The Bertz CT molecular complexity index is 3180. The van der Waals surface area contributed by atoms with E-state index in [9.17, 15) is 43.5 Å². The van der Waals surface area contributed by atoms with Crippen molar-refractivity contribution in [2.24, 2.45) is 16.1 Å². The number of fused-ring (bicyclic) bond motifs is 4. The molecule has 0 bridgehead atoms. The summed E-state index contributed by atoms with van der Waals surface area (Å²) in [5.74, 6) is -5.77. The Labute approximate surface area is 469 Å². The summed E-state index contributed by atoms with van der Waals surface area (Å²) in [5, 5.41) is 36.9. The summed E-state index contributed by atoms with van der Waals surface area (Å²) in [6.07, 6.45) is -1.63. The van der Waals surface area contributed by atoms with Crippen LogP contribution in [-0.4, -0.2) is 145 Å². The summed E-state index contributed by atoms with van der Waals surface area (Å²) < 4.78 is 1.88. The molecule has 9 N–H and O–H groups in total. The lowest BCUT2D eigenvalue weighted by atomic mass is 9.85. The second-order valence-electron chi connectivity index (χ2n) is 20.8. The lowest BCUT2D eigenvalue weighted by molar-refractivity contribution is -0.144. The number of thiophene rings is 1. The number of aryl methyl sites for hydroxylation is 2. The van der Waals surface area contributed by atoms with Gasteiger partial charge < -0.3 is 47.6 Å². The van der Waals surface area contributed by atoms with Crippen LogP contribution in [0.3, 0.4) is 0 Å². The van der Waals surface area contributed by atoms with Crippen LogP contribution in [0.25, 0.3) is 16.1 Å². The van der Waals surface area contributed by atoms with Crippen molar-refractivity contribution in [2.75, 3.05) is 31.1 Å². The highest BCUT2D eigenvalue weighted by Crippen LogP contribution is 2.40. The van der Waals surface area contributed by atoms with Crippen LogP contribution >= 0.6 is 34.7 Å². The molecule has 2 fully saturated rings. The Balaban J connectivity index is 1.06. The SMILES string of the molecule is Cc1sc2c(c1C)C(c1ccc(Cl)cc1)=N[C@@H](CC(=O)NC[C@H]1NC(=O)CNC(=O)[C@H](Cc3ccc(-c4ccccc4)cc3)NC(=O)[C@@H]3C[C@@H](O)CN3C(=O)[C@H](C(C)(C)C)NC(=O)CSC[C@H](C(N)=O)NC1=O)c1nnc(C)n1-2. The molecule has 21 nitrogen and oxygen atoms in total. The first-order valence-corrected chi connectivity index (χ1v) is 28.0. The number of rotatable bonds is 9. The van der Waals surface area contributed by atoms with Gasteiger partial charge in [-0.2, -0.15) is 0 Å². The van der Waals surface area contributed by atoms with Crippen LogP contribution in [0.15, 0.2) is 83.9 Å². The number of nitrogens with zero attached hydrogens (tertiary/aromatic N) is 5. The fourth-order valence-electron chi connectivity index (χ4n) is 9.58. The molecule has 7 atom stereocenters. The number of benzene rings is 3. The van der Waals surface area contributed by atoms with Crippen LogP contribution in [-0.2, 0) is 44.8 Å². The highest BCUT2D eigenvalue weighted by atomic mass is 35.5. The number of aromatic nitrogens is 3. The van der Waals surface area contributed by atoms with Crippen LogP contribution in [0.1, 0.15) is 78.4 Å². The van der Waals surface area contributed by atoms with Crippen LogP contribution in [0, 0.1) is 26.2 Å². The van der Waals surface area contributed by atoms with Gasteiger partial charge in [0.1, 0.15) is 47.1 Å². The quantitative estimate of drug-likeness (QED) is 0.106. The van der Waals surface area contributed by atoms with E-state index >= 15 is 0 Å². The lowest BCUT2D eigenvalue weighted by Gasteiger charge is -2.35. The molecule has 5 aromatic rings. The Kier molecular flexibility index (Phi) is 18.0. The number of carbonyl (C=O) groups excluding carboxylic acids is 8. The highest BCUT2D eigenvalue weighted by Gasteiger charge is 2.45. The molecule has 3 aliphatic heterocycles. The third kappa shape index (κ3) is 13.7. The molecule has 0 unspecified atom stereocenters. The molecule has 24 heteroatoms. The average molecular weight is 1140 g/mol. The normalized spacial score (nSPS) is 22.8. The third-order valence-electron chi connectivity index (χ3n) is 13.9. The molecule has 3 aromatic carbocycles. The molecular weight excluding hydrogens is 1070 g/mol. The van der Waals surface area contributed by atoms with Gasteiger partial charge in [-0.05, 0) is 60.6 Å².